The van der Waals surface area contributed by atoms with E-state index in [4.69, 9.17) is 34.6 Å². The topological polar surface area (TPSA) is 305 Å². The van der Waals surface area contributed by atoms with E-state index in [1.807, 2.05) is 37.3 Å². The molecule has 16 rings (SSSR count). The second kappa shape index (κ2) is 19.2. The Morgan fingerprint density at radius 2 is 1.29 bits per heavy atom. The van der Waals surface area contributed by atoms with Crippen molar-refractivity contribution in [1.82, 2.24) is 96.3 Å². The van der Waals surface area contributed by atoms with Gasteiger partial charge >= 0.3 is 17.1 Å². The molecule has 0 aliphatic carbocycles. The van der Waals surface area contributed by atoms with Crippen LogP contribution in [0.3, 0.4) is 0 Å². The Morgan fingerprint density at radius 3 is 2.03 bits per heavy atom. The van der Waals surface area contributed by atoms with Crippen LogP contribution in [0, 0.1) is 28.5 Å². The van der Waals surface area contributed by atoms with Gasteiger partial charge in [0, 0.05) is 42.3 Å². The van der Waals surface area contributed by atoms with Gasteiger partial charge in [0.2, 0.25) is 17.8 Å². The Balaban J connectivity index is 0.942. The lowest BCUT2D eigenvalue weighted by Crippen LogP contribution is -2.38. The maximum atomic E-state index is 16.4. The summed E-state index contributed by atoms with van der Waals surface area (Å²) < 4.78 is 33.4. The monoisotopic (exact) mass is 1150 g/mol. The molecule has 1 N–H and O–H groups in total. The first-order valence-corrected chi connectivity index (χ1v) is 27.0. The molecule has 15 aromatic rings. The van der Waals surface area contributed by atoms with E-state index in [0.717, 1.165) is 5.56 Å². The summed E-state index contributed by atoms with van der Waals surface area (Å²) in [7, 11) is 0. The maximum absolute atomic E-state index is 16.4. The standard InChI is InChI=1S/C60H37FN22O4/c1-32(34-7-5-16-64-24-34)79-51-42(72-58(79)84)26-66-55(73-51)78-31-71-41-21-46(36(23-63)20-47(41)78)80-48-27-67-57(77-30-70-40-19-33(22-62)13-14-45(40)77)75-53(48)83(59(80)85)54(35-8-6-17-65-25-35)82-49-28-68-56(76-29-69-39-11-2-3-12-44(39)76)74-52(49)81(60(82)86)43-15-18-87-50-37(43)9-4-10-38(50)61/h2-14,16-17,19-21,24-32,43,54H,15,18H2,1H3,(H,72,84)/t32?,43-,54?/m1/s1. The summed E-state index contributed by atoms with van der Waals surface area (Å²) in [6, 6.07) is 30.2. The molecule has 0 spiro atoms. The van der Waals surface area contributed by atoms with Gasteiger partial charge in [-0.25, -0.2) is 53.2 Å². The molecule has 1 aliphatic heterocycles. The number of H-pyrrole nitrogens is 1. The predicted octanol–water partition coefficient (Wildman–Crippen LogP) is 6.69. The highest BCUT2D eigenvalue weighted by Crippen LogP contribution is 2.39. The smallest absolute Gasteiger partial charge is 0.337 e. The van der Waals surface area contributed by atoms with E-state index in [9.17, 15) is 15.3 Å². The Morgan fingerprint density at radius 1 is 0.609 bits per heavy atom. The average Bonchev–Trinajstić information content (AvgIpc) is 1.72. The van der Waals surface area contributed by atoms with E-state index in [1.54, 1.807) is 99.3 Å². The van der Waals surface area contributed by atoms with Gasteiger partial charge in [0.05, 0.1) is 93.3 Å². The van der Waals surface area contributed by atoms with Crippen molar-refractivity contribution < 1.29 is 9.13 Å². The van der Waals surface area contributed by atoms with E-state index >= 15 is 14.0 Å². The molecule has 0 saturated carbocycles. The third-order valence-corrected chi connectivity index (χ3v) is 15.8. The summed E-state index contributed by atoms with van der Waals surface area (Å²) in [5, 5.41) is 20.9. The van der Waals surface area contributed by atoms with Gasteiger partial charge in [0.15, 0.2) is 28.5 Å². The third-order valence-electron chi connectivity index (χ3n) is 15.8. The quantitative estimate of drug-likeness (QED) is 0.149. The van der Waals surface area contributed by atoms with Crippen LogP contribution in [0.4, 0.5) is 4.39 Å². The van der Waals surface area contributed by atoms with E-state index in [0.29, 0.717) is 61.0 Å². The van der Waals surface area contributed by atoms with Crippen molar-refractivity contribution in [1.29, 1.82) is 10.5 Å². The van der Waals surface area contributed by atoms with Crippen LogP contribution in [0.25, 0.3) is 90.1 Å². The SMILES string of the molecule is CC(c1cccnc1)n1c(=O)[nH]c2cnc(-n3cnc4cc(-n5c(=O)n(C(c6cccnc6)n6c(=O)n([C@@H]7CCOc8c(F)cccc87)c7nc(-n8cnc9ccccc98)ncc76)c6nc(-n7cnc8cc(C#N)ccc87)ncc65)c(C#N)cc43)nc21. The summed E-state index contributed by atoms with van der Waals surface area (Å²) >= 11 is 0. The summed E-state index contributed by atoms with van der Waals surface area (Å²) in [5.41, 5.74) is 4.21. The summed E-state index contributed by atoms with van der Waals surface area (Å²) in [6.07, 6.45) is 14.1. The zero-order valence-corrected chi connectivity index (χ0v) is 45.1. The number of imidazole rings is 6. The number of nitriles is 2. The van der Waals surface area contributed by atoms with E-state index in [1.165, 1.54) is 66.3 Å². The van der Waals surface area contributed by atoms with Crippen LogP contribution in [0.1, 0.15) is 59.4 Å². The van der Waals surface area contributed by atoms with Crippen LogP contribution in [0.5, 0.6) is 5.75 Å². The van der Waals surface area contributed by atoms with Crippen LogP contribution in [0.2, 0.25) is 0 Å². The van der Waals surface area contributed by atoms with Gasteiger partial charge in [-0.05, 0) is 73.2 Å². The van der Waals surface area contributed by atoms with Crippen molar-refractivity contribution >= 4 is 66.6 Å². The number of halogens is 1. The van der Waals surface area contributed by atoms with Crippen LogP contribution in [-0.4, -0.2) is 103 Å². The van der Waals surface area contributed by atoms with E-state index in [-0.39, 0.29) is 70.2 Å². The highest BCUT2D eigenvalue weighted by molar-refractivity contribution is 5.86. The summed E-state index contributed by atoms with van der Waals surface area (Å²) in [5.74, 6) is -0.273. The van der Waals surface area contributed by atoms with Crippen molar-refractivity contribution in [3.8, 4) is 41.4 Å². The Hall–Kier alpha value is -12.7. The van der Waals surface area contributed by atoms with Gasteiger partial charge in [-0.2, -0.15) is 25.5 Å². The van der Waals surface area contributed by atoms with Gasteiger partial charge < -0.3 is 9.72 Å². The molecule has 4 aromatic carbocycles. The molecular formula is C60H37FN22O4. The normalized spacial score (nSPS) is 14.0. The van der Waals surface area contributed by atoms with Gasteiger partial charge in [-0.1, -0.05) is 36.4 Å². The number of hydrogen-bond acceptors (Lipinski definition) is 17. The van der Waals surface area contributed by atoms with Gasteiger partial charge in [-0.15, -0.1) is 0 Å². The molecule has 11 aromatic heterocycles. The minimum absolute atomic E-state index is 0.00160. The highest BCUT2D eigenvalue weighted by atomic mass is 19.1. The molecule has 27 heteroatoms. The third kappa shape index (κ3) is 7.62. The fourth-order valence-corrected chi connectivity index (χ4v) is 11.8. The molecule has 418 valence electrons. The molecule has 0 fully saturated rings. The number of nitrogens with one attached hydrogen (secondary N) is 1. The van der Waals surface area contributed by atoms with Crippen molar-refractivity contribution in [3.63, 3.8) is 0 Å². The second-order valence-corrected chi connectivity index (χ2v) is 20.5. The fourth-order valence-electron chi connectivity index (χ4n) is 11.8. The highest BCUT2D eigenvalue weighted by Gasteiger charge is 2.36. The summed E-state index contributed by atoms with van der Waals surface area (Å²) in [6.45, 7) is 1.91. The fraction of sp³-hybridized carbons (Fsp3) is 0.100. The molecule has 0 saturated heterocycles. The maximum Gasteiger partial charge on any atom is 0.337 e. The number of rotatable bonds is 10. The molecule has 2 unspecified atom stereocenters. The Bertz CT molecular complexity index is 5640. The molecule has 87 heavy (non-hydrogen) atoms. The Kier molecular flexibility index (Phi) is 11.1. The van der Waals surface area contributed by atoms with Crippen molar-refractivity contribution in [2.24, 2.45) is 0 Å². The number of ether oxygens (including phenoxy) is 1. The van der Waals surface area contributed by atoms with E-state index in [2.05, 4.69) is 42.0 Å². The lowest BCUT2D eigenvalue weighted by molar-refractivity contribution is 0.243. The largest absolute Gasteiger partial charge is 0.490 e. The number of aromatic amines is 1. The van der Waals surface area contributed by atoms with Gasteiger partial charge in [0.25, 0.3) is 0 Å². The first-order valence-electron chi connectivity index (χ1n) is 27.0. The summed E-state index contributed by atoms with van der Waals surface area (Å²) in [4.78, 5) is 101. The minimum Gasteiger partial charge on any atom is -0.490 e. The lowest BCUT2D eigenvalue weighted by atomic mass is 10.00. The van der Waals surface area contributed by atoms with E-state index < -0.39 is 41.1 Å². The van der Waals surface area contributed by atoms with Crippen LogP contribution < -0.4 is 21.8 Å². The van der Waals surface area contributed by atoms with Crippen molar-refractivity contribution in [2.45, 2.75) is 31.6 Å². The number of aromatic nitrogens is 20. The number of benzene rings is 4. The minimum atomic E-state index is -1.46. The predicted molar refractivity (Wildman–Crippen MR) is 310 cm³/mol. The molecule has 0 amide bonds. The molecule has 0 radical (unpaired) electrons. The van der Waals surface area contributed by atoms with Crippen LogP contribution in [0.15, 0.2) is 174 Å². The van der Waals surface area contributed by atoms with Crippen LogP contribution >= 0.6 is 0 Å². The number of nitrogens with zero attached hydrogens (tertiary/aromatic N) is 21. The molecule has 26 nitrogen and oxygen atoms in total. The number of fused-ring (bicyclic) bond motifs is 7. The van der Waals surface area contributed by atoms with Crippen LogP contribution in [-0.2, 0) is 0 Å². The number of pyridine rings is 2. The van der Waals surface area contributed by atoms with Crippen molar-refractivity contribution in [2.75, 3.05) is 6.61 Å². The lowest BCUT2D eigenvalue weighted by Gasteiger charge is -2.27. The second-order valence-electron chi connectivity index (χ2n) is 20.5. The number of para-hydroxylation sites is 3. The molecule has 0 bridgehead atoms. The first kappa shape index (κ1) is 50.1. The molecular weight excluding hydrogens is 1110 g/mol. The molecule has 3 atom stereocenters. The Labute approximate surface area is 484 Å². The zero-order valence-electron chi connectivity index (χ0n) is 45.1. The van der Waals surface area contributed by atoms with Gasteiger partial charge in [-0.3, -0.25) is 41.9 Å². The average molecular weight is 1150 g/mol. The number of hydrogen-bond donors (Lipinski definition) is 1. The first-order chi connectivity index (χ1) is 42.6. The van der Waals surface area contributed by atoms with Gasteiger partial charge in [0.1, 0.15) is 47.8 Å². The zero-order chi connectivity index (χ0) is 58.8. The molecule has 1 aliphatic rings. The van der Waals surface area contributed by atoms with Crippen molar-refractivity contribution in [3.05, 3.63) is 225 Å². The molecule has 12 heterocycles.